The normalized spacial score (nSPS) is 12.1. The Hall–Kier alpha value is -1.37. The molecule has 17 heavy (non-hydrogen) atoms. The lowest BCUT2D eigenvalue weighted by atomic mass is 10.1. The summed E-state index contributed by atoms with van der Waals surface area (Å²) in [4.78, 5) is 24.1. The van der Waals surface area contributed by atoms with Crippen molar-refractivity contribution in [2.75, 3.05) is 11.9 Å². The number of aromatic nitrogens is 1. The molecule has 2 N–H and O–H groups in total. The maximum atomic E-state index is 11.6. The summed E-state index contributed by atoms with van der Waals surface area (Å²) < 4.78 is 0. The van der Waals surface area contributed by atoms with Gasteiger partial charge in [-0.3, -0.25) is 14.9 Å². The molecule has 7 heteroatoms. The summed E-state index contributed by atoms with van der Waals surface area (Å²) in [6.45, 7) is 2.58. The van der Waals surface area contributed by atoms with E-state index in [1.807, 2.05) is 6.92 Å². The number of nitro groups is 1. The van der Waals surface area contributed by atoms with Gasteiger partial charge in [0, 0.05) is 17.9 Å². The molecular weight excluding hydrogens is 290 g/mol. The van der Waals surface area contributed by atoms with Gasteiger partial charge in [0.15, 0.2) is 0 Å². The zero-order valence-corrected chi connectivity index (χ0v) is 11.0. The minimum Gasteiger partial charge on any atom is -0.351 e. The molecule has 1 unspecified atom stereocenters. The summed E-state index contributed by atoms with van der Waals surface area (Å²) in [6, 6.07) is 1.23. The Morgan fingerprint density at radius 3 is 2.94 bits per heavy atom. The van der Waals surface area contributed by atoms with Gasteiger partial charge in [-0.15, -0.1) is 0 Å². The van der Waals surface area contributed by atoms with Crippen LogP contribution < -0.4 is 5.32 Å². The molecule has 0 fully saturated rings. The molecule has 0 radical (unpaired) electrons. The summed E-state index contributed by atoms with van der Waals surface area (Å²) in [6.07, 6.45) is 2.17. The smallest absolute Gasteiger partial charge is 0.287 e. The second-order valence-corrected chi connectivity index (χ2v) is 4.61. The molecule has 0 aromatic carbocycles. The lowest BCUT2D eigenvalue weighted by molar-refractivity contribution is -0.384. The van der Waals surface area contributed by atoms with E-state index in [4.69, 9.17) is 0 Å². The van der Waals surface area contributed by atoms with E-state index in [0.717, 1.165) is 11.8 Å². The number of halogens is 1. The first-order valence-electron chi connectivity index (χ1n) is 5.21. The highest BCUT2D eigenvalue weighted by Crippen LogP contribution is 2.12. The molecule has 1 aromatic rings. The monoisotopic (exact) mass is 303 g/mol. The van der Waals surface area contributed by atoms with Gasteiger partial charge < -0.3 is 10.3 Å². The van der Waals surface area contributed by atoms with E-state index in [0.29, 0.717) is 12.5 Å². The van der Waals surface area contributed by atoms with Gasteiger partial charge >= 0.3 is 0 Å². The number of aromatic amines is 1. The number of hydrogen-bond donors (Lipinski definition) is 2. The van der Waals surface area contributed by atoms with Crippen LogP contribution in [-0.4, -0.2) is 27.7 Å². The molecule has 0 aliphatic heterocycles. The minimum atomic E-state index is -0.541. The SMILES string of the molecule is CC(CCBr)CNC(=O)c1cc([N+](=O)[O-])c[nH]1. The van der Waals surface area contributed by atoms with Gasteiger partial charge in [0.2, 0.25) is 0 Å². The van der Waals surface area contributed by atoms with Crippen molar-refractivity contribution >= 4 is 27.5 Å². The lowest BCUT2D eigenvalue weighted by Crippen LogP contribution is -2.28. The van der Waals surface area contributed by atoms with Crippen LogP contribution in [-0.2, 0) is 0 Å². The molecule has 1 rings (SSSR count). The van der Waals surface area contributed by atoms with Crippen molar-refractivity contribution in [2.45, 2.75) is 13.3 Å². The zero-order valence-electron chi connectivity index (χ0n) is 9.40. The molecule has 6 nitrogen and oxygen atoms in total. The van der Waals surface area contributed by atoms with E-state index in [9.17, 15) is 14.9 Å². The number of alkyl halides is 1. The molecule has 94 valence electrons. The highest BCUT2D eigenvalue weighted by molar-refractivity contribution is 9.09. The van der Waals surface area contributed by atoms with E-state index in [2.05, 4.69) is 26.2 Å². The van der Waals surface area contributed by atoms with Crippen LogP contribution in [0.2, 0.25) is 0 Å². The number of rotatable bonds is 6. The molecule has 1 heterocycles. The van der Waals surface area contributed by atoms with Crippen molar-refractivity contribution in [3.05, 3.63) is 28.1 Å². The number of H-pyrrole nitrogens is 1. The summed E-state index contributed by atoms with van der Waals surface area (Å²) in [5, 5.41) is 14.0. The fraction of sp³-hybridized carbons (Fsp3) is 0.500. The molecule has 0 saturated heterocycles. The summed E-state index contributed by atoms with van der Waals surface area (Å²) >= 11 is 3.33. The Labute approximate surface area is 107 Å². The van der Waals surface area contributed by atoms with Crippen LogP contribution in [0.15, 0.2) is 12.3 Å². The van der Waals surface area contributed by atoms with Crippen LogP contribution in [0.4, 0.5) is 5.69 Å². The molecule has 0 spiro atoms. The maximum Gasteiger partial charge on any atom is 0.287 e. The number of carbonyl (C=O) groups is 1. The van der Waals surface area contributed by atoms with E-state index >= 15 is 0 Å². The summed E-state index contributed by atoms with van der Waals surface area (Å²) in [5.41, 5.74) is 0.103. The average molecular weight is 304 g/mol. The maximum absolute atomic E-state index is 11.6. The lowest BCUT2D eigenvalue weighted by Gasteiger charge is -2.09. The van der Waals surface area contributed by atoms with Crippen molar-refractivity contribution in [1.29, 1.82) is 0 Å². The number of carbonyl (C=O) groups excluding carboxylic acids is 1. The fourth-order valence-corrected chi connectivity index (χ4v) is 2.05. The van der Waals surface area contributed by atoms with Gasteiger partial charge in [-0.05, 0) is 12.3 Å². The largest absolute Gasteiger partial charge is 0.351 e. The third-order valence-electron chi connectivity index (χ3n) is 2.34. The number of nitrogens with zero attached hydrogens (tertiary/aromatic N) is 1. The number of nitrogens with one attached hydrogen (secondary N) is 2. The van der Waals surface area contributed by atoms with Gasteiger partial charge in [-0.1, -0.05) is 22.9 Å². The second kappa shape index (κ2) is 6.39. The van der Waals surface area contributed by atoms with Crippen LogP contribution in [0.1, 0.15) is 23.8 Å². The molecule has 0 bridgehead atoms. The third-order valence-corrected chi connectivity index (χ3v) is 2.79. The quantitative estimate of drug-likeness (QED) is 0.479. The number of amides is 1. The standard InChI is InChI=1S/C10H14BrN3O3/c1-7(2-3-11)5-13-10(15)9-4-8(6-12-9)14(16)17/h4,6-7,12H,2-3,5H2,1H3,(H,13,15). The van der Waals surface area contributed by atoms with Crippen molar-refractivity contribution < 1.29 is 9.72 Å². The Kier molecular flexibility index (Phi) is 5.14. The molecule has 1 amide bonds. The summed E-state index contributed by atoms with van der Waals surface area (Å²) in [5.74, 6) is 0.0443. The average Bonchev–Trinajstić information content (AvgIpc) is 2.75. The predicted molar refractivity (Wildman–Crippen MR) is 67.4 cm³/mol. The first kappa shape index (κ1) is 13.7. The first-order chi connectivity index (χ1) is 8.04. The van der Waals surface area contributed by atoms with E-state index in [-0.39, 0.29) is 17.3 Å². The third kappa shape index (κ3) is 4.18. The number of hydrogen-bond acceptors (Lipinski definition) is 3. The Morgan fingerprint density at radius 2 is 2.41 bits per heavy atom. The molecule has 0 aliphatic rings. The fourth-order valence-electron chi connectivity index (χ4n) is 1.27. The molecule has 1 atom stereocenters. The highest BCUT2D eigenvalue weighted by Gasteiger charge is 2.14. The van der Waals surface area contributed by atoms with Gasteiger partial charge in [-0.2, -0.15) is 0 Å². The van der Waals surface area contributed by atoms with Crippen LogP contribution in [0.5, 0.6) is 0 Å². The second-order valence-electron chi connectivity index (χ2n) is 3.82. The van der Waals surface area contributed by atoms with Crippen LogP contribution >= 0.6 is 15.9 Å². The highest BCUT2D eigenvalue weighted by atomic mass is 79.9. The van der Waals surface area contributed by atoms with E-state index < -0.39 is 4.92 Å². The Balaban J connectivity index is 2.49. The zero-order chi connectivity index (χ0) is 12.8. The van der Waals surface area contributed by atoms with Crippen molar-refractivity contribution in [2.24, 2.45) is 5.92 Å². The molecular formula is C10H14BrN3O3. The Morgan fingerprint density at radius 1 is 1.71 bits per heavy atom. The van der Waals surface area contributed by atoms with Crippen LogP contribution in [0.3, 0.4) is 0 Å². The van der Waals surface area contributed by atoms with Gasteiger partial charge in [-0.25, -0.2) is 0 Å². The van der Waals surface area contributed by atoms with E-state index in [1.165, 1.54) is 12.3 Å². The van der Waals surface area contributed by atoms with Crippen molar-refractivity contribution in [3.8, 4) is 0 Å². The van der Waals surface area contributed by atoms with Crippen LogP contribution in [0, 0.1) is 16.0 Å². The van der Waals surface area contributed by atoms with Crippen molar-refractivity contribution in [1.82, 2.24) is 10.3 Å². The van der Waals surface area contributed by atoms with Crippen molar-refractivity contribution in [3.63, 3.8) is 0 Å². The van der Waals surface area contributed by atoms with Gasteiger partial charge in [0.05, 0.1) is 11.1 Å². The molecule has 0 saturated carbocycles. The molecule has 1 aromatic heterocycles. The van der Waals surface area contributed by atoms with E-state index in [1.54, 1.807) is 0 Å². The van der Waals surface area contributed by atoms with Gasteiger partial charge in [0.1, 0.15) is 5.69 Å². The minimum absolute atomic E-state index is 0.108. The predicted octanol–water partition coefficient (Wildman–Crippen LogP) is 2.07. The Bertz CT molecular complexity index is 405. The van der Waals surface area contributed by atoms with Gasteiger partial charge in [0.25, 0.3) is 11.6 Å². The topological polar surface area (TPSA) is 88.0 Å². The first-order valence-corrected chi connectivity index (χ1v) is 6.33. The van der Waals surface area contributed by atoms with Crippen LogP contribution in [0.25, 0.3) is 0 Å². The summed E-state index contributed by atoms with van der Waals surface area (Å²) in [7, 11) is 0. The molecule has 0 aliphatic carbocycles.